The van der Waals surface area contributed by atoms with E-state index in [1.807, 2.05) is 26.0 Å². The number of ether oxygens (including phenoxy) is 2. The van der Waals surface area contributed by atoms with E-state index >= 15 is 0 Å². The highest BCUT2D eigenvalue weighted by Gasteiger charge is 2.37. The van der Waals surface area contributed by atoms with Gasteiger partial charge in [0, 0.05) is 19.0 Å². The van der Waals surface area contributed by atoms with Gasteiger partial charge in [0.2, 0.25) is 0 Å². The second-order valence-electron chi connectivity index (χ2n) is 9.59. The minimum atomic E-state index is -4.98. The van der Waals surface area contributed by atoms with E-state index in [4.69, 9.17) is 9.47 Å². The number of alkyl carbamates (subject to hydrolysis) is 1. The van der Waals surface area contributed by atoms with Crippen molar-refractivity contribution in [1.82, 2.24) is 5.32 Å². The molecule has 0 radical (unpaired) electrons. The van der Waals surface area contributed by atoms with Gasteiger partial charge in [-0.25, -0.2) is 4.79 Å². The van der Waals surface area contributed by atoms with Gasteiger partial charge in [0.1, 0.15) is 11.9 Å². The van der Waals surface area contributed by atoms with Crippen LogP contribution in [0.1, 0.15) is 85.4 Å². The van der Waals surface area contributed by atoms with Crippen molar-refractivity contribution in [1.29, 1.82) is 0 Å². The molecular formula is C28H33F6NO3. The van der Waals surface area contributed by atoms with Crippen LogP contribution in [0.5, 0.6) is 5.75 Å². The standard InChI is InChI=1S/C28H33F6NO3/c1-4-7-22(8-5-2)37-25-15-19-10-6-9-18(19)14-23(25)24(38-26(36)35-3)13-17-11-20(27(29,30)31)16-21(12-17)28(32,33)34/h11-12,14-16,22,24H,4-10,13H2,1-3H3,(H,35,36). The maximum atomic E-state index is 13.5. The van der Waals surface area contributed by atoms with E-state index in [1.54, 1.807) is 0 Å². The van der Waals surface area contributed by atoms with Crippen molar-refractivity contribution in [2.24, 2.45) is 0 Å². The zero-order chi connectivity index (χ0) is 28.1. The molecule has 10 heteroatoms. The molecule has 0 bridgehead atoms. The first kappa shape index (κ1) is 29.6. The smallest absolute Gasteiger partial charge is 0.416 e. The summed E-state index contributed by atoms with van der Waals surface area (Å²) in [6.45, 7) is 4.05. The highest BCUT2D eigenvalue weighted by molar-refractivity contribution is 5.67. The average molecular weight is 546 g/mol. The number of benzene rings is 2. The van der Waals surface area contributed by atoms with Gasteiger partial charge in [-0.1, -0.05) is 26.7 Å². The van der Waals surface area contributed by atoms with Gasteiger partial charge >= 0.3 is 18.4 Å². The van der Waals surface area contributed by atoms with Crippen LogP contribution in [0.2, 0.25) is 0 Å². The van der Waals surface area contributed by atoms with Crippen molar-refractivity contribution < 1.29 is 40.6 Å². The van der Waals surface area contributed by atoms with E-state index in [1.165, 1.54) is 7.05 Å². The van der Waals surface area contributed by atoms with Crippen molar-refractivity contribution in [3.63, 3.8) is 0 Å². The summed E-state index contributed by atoms with van der Waals surface area (Å²) < 4.78 is 92.8. The van der Waals surface area contributed by atoms with Crippen molar-refractivity contribution in [2.75, 3.05) is 7.05 Å². The zero-order valence-corrected chi connectivity index (χ0v) is 21.7. The summed E-state index contributed by atoms with van der Waals surface area (Å²) in [5, 5.41) is 2.31. The van der Waals surface area contributed by atoms with Gasteiger partial charge in [-0.2, -0.15) is 26.3 Å². The molecule has 1 N–H and O–H groups in total. The maximum absolute atomic E-state index is 13.5. The summed E-state index contributed by atoms with van der Waals surface area (Å²) in [4.78, 5) is 12.3. The van der Waals surface area contributed by atoms with Gasteiger partial charge in [-0.3, -0.25) is 0 Å². The number of fused-ring (bicyclic) bond motifs is 1. The molecule has 0 heterocycles. The Morgan fingerprint density at radius 3 is 1.95 bits per heavy atom. The summed E-state index contributed by atoms with van der Waals surface area (Å²) in [5.41, 5.74) is -0.591. The van der Waals surface area contributed by atoms with Crippen molar-refractivity contribution in [3.05, 3.63) is 63.7 Å². The third-order valence-electron chi connectivity index (χ3n) is 6.61. The molecule has 1 unspecified atom stereocenters. The van der Waals surface area contributed by atoms with Crippen LogP contribution in [0.3, 0.4) is 0 Å². The lowest BCUT2D eigenvalue weighted by Crippen LogP contribution is -2.24. The first-order valence-electron chi connectivity index (χ1n) is 12.8. The minimum Gasteiger partial charge on any atom is -0.490 e. The van der Waals surface area contributed by atoms with E-state index in [0.717, 1.165) is 56.1 Å². The molecule has 1 aliphatic rings. The van der Waals surface area contributed by atoms with Gasteiger partial charge < -0.3 is 14.8 Å². The highest BCUT2D eigenvalue weighted by Crippen LogP contribution is 2.40. The predicted molar refractivity (Wildman–Crippen MR) is 131 cm³/mol. The average Bonchev–Trinajstić information content (AvgIpc) is 3.29. The van der Waals surface area contributed by atoms with Gasteiger partial charge in [0.05, 0.1) is 17.2 Å². The second-order valence-corrected chi connectivity index (χ2v) is 9.59. The highest BCUT2D eigenvalue weighted by atomic mass is 19.4. The van der Waals surface area contributed by atoms with Gasteiger partial charge in [-0.05, 0) is 79.1 Å². The largest absolute Gasteiger partial charge is 0.490 e. The molecule has 0 aromatic heterocycles. The topological polar surface area (TPSA) is 47.6 Å². The Labute approximate surface area is 218 Å². The number of hydrogen-bond acceptors (Lipinski definition) is 3. The number of carbonyl (C=O) groups excluding carboxylic acids is 1. The minimum absolute atomic E-state index is 0.0855. The van der Waals surface area contributed by atoms with E-state index in [-0.39, 0.29) is 17.7 Å². The Morgan fingerprint density at radius 1 is 0.895 bits per heavy atom. The summed E-state index contributed by atoms with van der Waals surface area (Å²) >= 11 is 0. The molecule has 0 aliphatic heterocycles. The lowest BCUT2D eigenvalue weighted by molar-refractivity contribution is -0.143. The lowest BCUT2D eigenvalue weighted by atomic mass is 9.94. The molecule has 2 aromatic rings. The summed E-state index contributed by atoms with van der Waals surface area (Å²) in [6, 6.07) is 5.12. The molecule has 4 nitrogen and oxygen atoms in total. The third-order valence-corrected chi connectivity index (χ3v) is 6.61. The fraction of sp³-hybridized carbons (Fsp3) is 0.536. The van der Waals surface area contributed by atoms with Crippen LogP contribution in [-0.2, 0) is 36.4 Å². The number of alkyl halides is 6. The Kier molecular flexibility index (Phi) is 9.59. The third kappa shape index (κ3) is 7.57. The number of hydrogen-bond donors (Lipinski definition) is 1. The monoisotopic (exact) mass is 545 g/mol. The van der Waals surface area contributed by atoms with Crippen LogP contribution in [0, 0.1) is 0 Å². The Balaban J connectivity index is 2.11. The molecule has 0 saturated heterocycles. The van der Waals surface area contributed by atoms with Crippen LogP contribution in [-0.4, -0.2) is 19.2 Å². The molecule has 38 heavy (non-hydrogen) atoms. The Bertz CT molecular complexity index is 1070. The van der Waals surface area contributed by atoms with E-state index in [2.05, 4.69) is 5.32 Å². The number of halogens is 6. The predicted octanol–water partition coefficient (Wildman–Crippen LogP) is 8.20. The fourth-order valence-electron chi connectivity index (χ4n) is 4.81. The first-order valence-corrected chi connectivity index (χ1v) is 12.8. The van der Waals surface area contributed by atoms with Crippen molar-refractivity contribution in [2.45, 2.75) is 89.8 Å². The number of nitrogens with one attached hydrogen (secondary N) is 1. The number of carbonyl (C=O) groups is 1. The second kappa shape index (κ2) is 12.3. The summed E-state index contributed by atoms with van der Waals surface area (Å²) in [6.07, 6.45) is -6.74. The van der Waals surface area contributed by atoms with Crippen LogP contribution < -0.4 is 10.1 Å². The molecular weight excluding hydrogens is 512 g/mol. The van der Waals surface area contributed by atoms with Gasteiger partial charge in [-0.15, -0.1) is 0 Å². The van der Waals surface area contributed by atoms with Crippen molar-refractivity contribution in [3.8, 4) is 5.75 Å². The van der Waals surface area contributed by atoms with Gasteiger partial charge in [0.15, 0.2) is 0 Å². The maximum Gasteiger partial charge on any atom is 0.416 e. The molecule has 1 amide bonds. The van der Waals surface area contributed by atoms with E-state index < -0.39 is 42.1 Å². The molecule has 3 rings (SSSR count). The Morgan fingerprint density at radius 2 is 1.45 bits per heavy atom. The summed E-state index contributed by atoms with van der Waals surface area (Å²) in [7, 11) is 1.32. The quantitative estimate of drug-likeness (QED) is 0.306. The normalized spacial score (nSPS) is 14.4. The lowest BCUT2D eigenvalue weighted by Gasteiger charge is -2.26. The van der Waals surface area contributed by atoms with E-state index in [9.17, 15) is 31.1 Å². The molecule has 0 spiro atoms. The van der Waals surface area contributed by atoms with Crippen LogP contribution in [0.25, 0.3) is 0 Å². The van der Waals surface area contributed by atoms with Crippen LogP contribution in [0.4, 0.5) is 31.1 Å². The SMILES string of the molecule is CCCC(CCC)Oc1cc2c(cc1C(Cc1cc(C(F)(F)F)cc(C(F)(F)F)c1)OC(=O)NC)CCC2. The molecule has 0 fully saturated rings. The zero-order valence-electron chi connectivity index (χ0n) is 21.7. The molecule has 210 valence electrons. The Hall–Kier alpha value is -2.91. The molecule has 1 aliphatic carbocycles. The molecule has 2 aromatic carbocycles. The van der Waals surface area contributed by atoms with E-state index in [0.29, 0.717) is 23.4 Å². The van der Waals surface area contributed by atoms with Gasteiger partial charge in [0.25, 0.3) is 0 Å². The van der Waals surface area contributed by atoms with Crippen LogP contribution >= 0.6 is 0 Å². The molecule has 1 atom stereocenters. The van der Waals surface area contributed by atoms with Crippen LogP contribution in [0.15, 0.2) is 30.3 Å². The number of aryl methyl sites for hydroxylation is 2. The number of rotatable bonds is 10. The molecule has 0 saturated carbocycles. The first-order chi connectivity index (χ1) is 17.8. The fourth-order valence-corrected chi connectivity index (χ4v) is 4.81. The summed E-state index contributed by atoms with van der Waals surface area (Å²) in [5.74, 6) is 0.439. The number of amides is 1. The van der Waals surface area contributed by atoms with Crippen molar-refractivity contribution >= 4 is 6.09 Å².